The van der Waals surface area contributed by atoms with Crippen molar-refractivity contribution in [1.29, 1.82) is 0 Å². The van der Waals surface area contributed by atoms with Crippen LogP contribution in [0.25, 0.3) is 0 Å². The third-order valence-electron chi connectivity index (χ3n) is 2.22. The van der Waals surface area contributed by atoms with Gasteiger partial charge >= 0.3 is 0 Å². The van der Waals surface area contributed by atoms with Crippen LogP contribution in [-0.2, 0) is 4.74 Å². The fraction of sp³-hybridized carbons (Fsp3) is 0.600. The van der Waals surface area contributed by atoms with E-state index < -0.39 is 0 Å². The third-order valence-corrected chi connectivity index (χ3v) is 3.26. The van der Waals surface area contributed by atoms with E-state index in [0.717, 1.165) is 13.2 Å². The molecule has 2 unspecified atom stereocenters. The summed E-state index contributed by atoms with van der Waals surface area (Å²) < 4.78 is 5.69. The molecule has 2 atom stereocenters. The Hall–Kier alpha value is -0.0900. The van der Waals surface area contributed by atoms with Crippen molar-refractivity contribution in [3.05, 3.63) is 21.9 Å². The molecule has 2 nitrogen and oxygen atoms in total. The van der Waals surface area contributed by atoms with Gasteiger partial charge in [0.15, 0.2) is 0 Å². The predicted octanol–water partition coefficient (Wildman–Crippen LogP) is 2.73. The summed E-state index contributed by atoms with van der Waals surface area (Å²) in [6.07, 6.45) is 0.134. The van der Waals surface area contributed by atoms with E-state index in [4.69, 9.17) is 4.74 Å². The predicted molar refractivity (Wildman–Crippen MR) is 62.2 cm³/mol. The average Bonchev–Trinajstić information content (AvgIpc) is 2.53. The number of hydrogen-bond acceptors (Lipinski definition) is 3. The van der Waals surface area contributed by atoms with Gasteiger partial charge < -0.3 is 4.74 Å². The van der Waals surface area contributed by atoms with Crippen molar-refractivity contribution >= 4 is 23.7 Å². The Bertz CT molecular complexity index is 281. The minimum atomic E-state index is 0. The second kappa shape index (κ2) is 5.12. The van der Waals surface area contributed by atoms with Crippen LogP contribution >= 0.6 is 23.7 Å². The van der Waals surface area contributed by atoms with Crippen molar-refractivity contribution in [3.8, 4) is 0 Å². The maximum Gasteiger partial charge on any atom is 0.143 e. The normalized spacial score (nSPS) is 27.0. The molecule has 0 aliphatic carbocycles. The maximum atomic E-state index is 5.69. The molecule has 1 aliphatic rings. The molecule has 0 aromatic carbocycles. The fourth-order valence-corrected chi connectivity index (χ4v) is 2.37. The van der Waals surface area contributed by atoms with E-state index >= 15 is 0 Å². The van der Waals surface area contributed by atoms with Gasteiger partial charge in [0.2, 0.25) is 0 Å². The first-order valence-electron chi connectivity index (χ1n) is 4.67. The Morgan fingerprint density at radius 2 is 2.29 bits per heavy atom. The summed E-state index contributed by atoms with van der Waals surface area (Å²) in [7, 11) is 0. The summed E-state index contributed by atoms with van der Waals surface area (Å²) in [6.45, 7) is 6.25. The van der Waals surface area contributed by atoms with E-state index in [1.807, 2.05) is 11.3 Å². The largest absolute Gasteiger partial charge is 0.358 e. The van der Waals surface area contributed by atoms with Gasteiger partial charge in [-0.2, -0.15) is 0 Å². The average molecular weight is 234 g/mol. The van der Waals surface area contributed by atoms with Crippen LogP contribution in [-0.4, -0.2) is 13.2 Å². The lowest BCUT2D eigenvalue weighted by Crippen LogP contribution is -2.36. The summed E-state index contributed by atoms with van der Waals surface area (Å²) in [5.74, 6) is 0.636. The molecule has 2 rings (SSSR count). The van der Waals surface area contributed by atoms with E-state index in [1.165, 1.54) is 9.75 Å². The monoisotopic (exact) mass is 233 g/mol. The number of aryl methyl sites for hydroxylation is 1. The highest BCUT2D eigenvalue weighted by molar-refractivity contribution is 7.12. The number of nitrogens with one attached hydrogen (secondary N) is 1. The highest BCUT2D eigenvalue weighted by Gasteiger charge is 2.20. The number of rotatable bonds is 1. The first-order chi connectivity index (χ1) is 6.25. The topological polar surface area (TPSA) is 21.3 Å². The summed E-state index contributed by atoms with van der Waals surface area (Å²) in [4.78, 5) is 2.64. The summed E-state index contributed by atoms with van der Waals surface area (Å²) in [6, 6.07) is 4.29. The molecular weight excluding hydrogens is 218 g/mol. The van der Waals surface area contributed by atoms with Crippen LogP contribution in [0, 0.1) is 12.8 Å². The molecule has 80 valence electrons. The molecule has 1 fully saturated rings. The van der Waals surface area contributed by atoms with Crippen LogP contribution in [0.2, 0.25) is 0 Å². The molecule has 1 aromatic heterocycles. The molecule has 1 N–H and O–H groups in total. The minimum absolute atomic E-state index is 0. The zero-order valence-electron chi connectivity index (χ0n) is 8.45. The Labute approximate surface area is 95.1 Å². The van der Waals surface area contributed by atoms with Crippen molar-refractivity contribution in [2.45, 2.75) is 20.1 Å². The molecule has 0 amide bonds. The minimum Gasteiger partial charge on any atom is -0.358 e. The highest BCUT2D eigenvalue weighted by atomic mass is 35.5. The van der Waals surface area contributed by atoms with Crippen LogP contribution in [0.4, 0.5) is 0 Å². The first-order valence-corrected chi connectivity index (χ1v) is 5.48. The first kappa shape index (κ1) is 12.0. The van der Waals surface area contributed by atoms with Crippen molar-refractivity contribution in [2.24, 2.45) is 5.92 Å². The van der Waals surface area contributed by atoms with Crippen LogP contribution in [0.3, 0.4) is 0 Å². The molecule has 1 aliphatic heterocycles. The van der Waals surface area contributed by atoms with Crippen LogP contribution < -0.4 is 5.32 Å². The van der Waals surface area contributed by atoms with Gasteiger partial charge in [0.1, 0.15) is 6.23 Å². The summed E-state index contributed by atoms with van der Waals surface area (Å²) in [5, 5.41) is 3.39. The number of hydrogen-bond donors (Lipinski definition) is 1. The van der Waals surface area contributed by atoms with Crippen molar-refractivity contribution < 1.29 is 4.74 Å². The van der Waals surface area contributed by atoms with Crippen LogP contribution in [0.15, 0.2) is 12.1 Å². The lowest BCUT2D eigenvalue weighted by Gasteiger charge is -2.27. The summed E-state index contributed by atoms with van der Waals surface area (Å²) in [5.41, 5.74) is 0. The lowest BCUT2D eigenvalue weighted by atomic mass is 10.2. The zero-order valence-corrected chi connectivity index (χ0v) is 10.1. The molecule has 0 spiro atoms. The van der Waals surface area contributed by atoms with Gasteiger partial charge in [-0.05, 0) is 25.0 Å². The number of ether oxygens (including phenoxy) is 1. The highest BCUT2D eigenvalue weighted by Crippen LogP contribution is 2.26. The van der Waals surface area contributed by atoms with Crippen molar-refractivity contribution in [3.63, 3.8) is 0 Å². The van der Waals surface area contributed by atoms with E-state index in [-0.39, 0.29) is 18.6 Å². The quantitative estimate of drug-likeness (QED) is 0.806. The number of halogens is 1. The Morgan fingerprint density at radius 3 is 2.79 bits per heavy atom. The van der Waals surface area contributed by atoms with Crippen LogP contribution in [0.1, 0.15) is 22.9 Å². The molecule has 0 saturated carbocycles. The van der Waals surface area contributed by atoms with Crippen molar-refractivity contribution in [2.75, 3.05) is 13.2 Å². The van der Waals surface area contributed by atoms with Gasteiger partial charge in [-0.3, -0.25) is 5.32 Å². The fourth-order valence-electron chi connectivity index (χ4n) is 1.46. The van der Waals surface area contributed by atoms with Gasteiger partial charge in [-0.1, -0.05) is 6.92 Å². The van der Waals surface area contributed by atoms with Gasteiger partial charge in [-0.15, -0.1) is 23.7 Å². The molecule has 14 heavy (non-hydrogen) atoms. The maximum absolute atomic E-state index is 5.69. The Kier molecular flexibility index (Phi) is 4.38. The van der Waals surface area contributed by atoms with Crippen LogP contribution in [0.5, 0.6) is 0 Å². The van der Waals surface area contributed by atoms with E-state index in [2.05, 4.69) is 31.3 Å². The van der Waals surface area contributed by atoms with Gasteiger partial charge in [0, 0.05) is 16.3 Å². The smallest absolute Gasteiger partial charge is 0.143 e. The second-order valence-corrected chi connectivity index (χ2v) is 4.99. The molecule has 0 bridgehead atoms. The van der Waals surface area contributed by atoms with Crippen molar-refractivity contribution in [1.82, 2.24) is 5.32 Å². The lowest BCUT2D eigenvalue weighted by molar-refractivity contribution is -0.0233. The van der Waals surface area contributed by atoms with Gasteiger partial charge in [-0.25, -0.2) is 0 Å². The SMILES string of the molecule is Cc1ccc(C2NCC(C)CO2)s1.Cl. The molecule has 2 heterocycles. The number of thiophene rings is 1. The Morgan fingerprint density at radius 1 is 1.50 bits per heavy atom. The third kappa shape index (κ3) is 2.70. The summed E-state index contributed by atoms with van der Waals surface area (Å²) >= 11 is 1.81. The van der Waals surface area contributed by atoms with E-state index in [1.54, 1.807) is 0 Å². The van der Waals surface area contributed by atoms with Gasteiger partial charge in [0.05, 0.1) is 6.61 Å². The zero-order chi connectivity index (χ0) is 9.26. The molecule has 0 radical (unpaired) electrons. The standard InChI is InChI=1S/C10H15NOS.ClH/c1-7-5-11-10(12-6-7)9-4-3-8(2)13-9;/h3-4,7,10-11H,5-6H2,1-2H3;1H. The van der Waals surface area contributed by atoms with Gasteiger partial charge in [0.25, 0.3) is 0 Å². The molecule has 4 heteroatoms. The molecular formula is C10H16ClNOS. The molecule has 1 aromatic rings. The Balaban J connectivity index is 0.000000980. The van der Waals surface area contributed by atoms with E-state index in [0.29, 0.717) is 5.92 Å². The van der Waals surface area contributed by atoms with E-state index in [9.17, 15) is 0 Å². The second-order valence-electron chi connectivity index (χ2n) is 3.68. The molecule has 1 saturated heterocycles.